The van der Waals surface area contributed by atoms with Crippen LogP contribution in [-0.2, 0) is 4.79 Å². The van der Waals surface area contributed by atoms with Crippen molar-refractivity contribution in [1.29, 1.82) is 0 Å². The molecule has 4 heteroatoms. The minimum absolute atomic E-state index is 0.343. The summed E-state index contributed by atoms with van der Waals surface area (Å²) in [5, 5.41) is 0.343. The van der Waals surface area contributed by atoms with Crippen LogP contribution in [0.3, 0.4) is 0 Å². The Hall–Kier alpha value is -1.03. The van der Waals surface area contributed by atoms with Gasteiger partial charge in [-0.05, 0) is 12.1 Å². The second-order valence-electron chi connectivity index (χ2n) is 3.21. The fraction of sp³-hybridized carbons (Fsp3) is 0.400. The van der Waals surface area contributed by atoms with E-state index in [1.807, 2.05) is 34.9 Å². The summed E-state index contributed by atoms with van der Waals surface area (Å²) in [4.78, 5) is 16.8. The number of rotatable bonds is 2. The Morgan fingerprint density at radius 1 is 1.57 bits per heavy atom. The van der Waals surface area contributed by atoms with Crippen molar-refractivity contribution in [2.45, 2.75) is 5.25 Å². The van der Waals surface area contributed by atoms with Crippen LogP contribution in [0.1, 0.15) is 10.9 Å². The van der Waals surface area contributed by atoms with E-state index in [0.717, 1.165) is 30.9 Å². The molecule has 0 aliphatic carbocycles. The Morgan fingerprint density at radius 3 is 3.21 bits per heavy atom. The molecule has 1 atom stereocenters. The normalized spacial score (nSPS) is 22.0. The largest absolute Gasteiger partial charge is 0.343 e. The summed E-state index contributed by atoms with van der Waals surface area (Å²) in [6.07, 6.45) is 2.73. The van der Waals surface area contributed by atoms with E-state index in [0.29, 0.717) is 5.25 Å². The predicted octanol–water partition coefficient (Wildman–Crippen LogP) is 1.33. The molecule has 1 aromatic rings. The maximum Gasteiger partial charge on any atom is 0.209 e. The van der Waals surface area contributed by atoms with Gasteiger partial charge in [0, 0.05) is 25.0 Å². The summed E-state index contributed by atoms with van der Waals surface area (Å²) in [7, 11) is 0. The number of amides is 1. The summed E-state index contributed by atoms with van der Waals surface area (Å²) in [6.45, 7) is 1.64. The molecule has 2 rings (SSSR count). The van der Waals surface area contributed by atoms with Crippen LogP contribution in [0.25, 0.3) is 0 Å². The number of pyridine rings is 1. The molecule has 2 heterocycles. The third-order valence-electron chi connectivity index (χ3n) is 2.26. The van der Waals surface area contributed by atoms with Crippen LogP contribution in [0.4, 0.5) is 0 Å². The molecule has 1 aromatic heterocycles. The van der Waals surface area contributed by atoms with Crippen molar-refractivity contribution < 1.29 is 4.79 Å². The van der Waals surface area contributed by atoms with Crippen molar-refractivity contribution in [3.8, 4) is 0 Å². The zero-order chi connectivity index (χ0) is 9.80. The molecule has 0 saturated carbocycles. The molecule has 0 radical (unpaired) electrons. The Labute approximate surface area is 87.5 Å². The molecule has 1 unspecified atom stereocenters. The first-order valence-electron chi connectivity index (χ1n) is 4.62. The van der Waals surface area contributed by atoms with Crippen LogP contribution < -0.4 is 0 Å². The Kier molecular flexibility index (Phi) is 3.03. The lowest BCUT2D eigenvalue weighted by Crippen LogP contribution is -2.33. The number of nitrogens with zero attached hydrogens (tertiary/aromatic N) is 2. The smallest absolute Gasteiger partial charge is 0.209 e. The quantitative estimate of drug-likeness (QED) is 0.687. The van der Waals surface area contributed by atoms with Gasteiger partial charge in [-0.15, -0.1) is 11.8 Å². The molecule has 74 valence electrons. The lowest BCUT2D eigenvalue weighted by Gasteiger charge is -2.28. The average Bonchev–Trinajstić information content (AvgIpc) is 2.30. The maximum absolute atomic E-state index is 10.6. The van der Waals surface area contributed by atoms with E-state index in [-0.39, 0.29) is 0 Å². The fourth-order valence-electron chi connectivity index (χ4n) is 1.51. The topological polar surface area (TPSA) is 33.2 Å². The van der Waals surface area contributed by atoms with Crippen molar-refractivity contribution in [1.82, 2.24) is 9.88 Å². The summed E-state index contributed by atoms with van der Waals surface area (Å²) in [6, 6.07) is 5.92. The van der Waals surface area contributed by atoms with Gasteiger partial charge in [0.25, 0.3) is 0 Å². The van der Waals surface area contributed by atoms with Gasteiger partial charge in [0.1, 0.15) is 0 Å². The van der Waals surface area contributed by atoms with E-state index in [9.17, 15) is 4.79 Å². The number of hydrogen-bond donors (Lipinski definition) is 0. The highest BCUT2D eigenvalue weighted by Gasteiger charge is 2.21. The Bertz CT molecular complexity index is 304. The van der Waals surface area contributed by atoms with Crippen LogP contribution in [0.5, 0.6) is 0 Å². The van der Waals surface area contributed by atoms with Gasteiger partial charge in [0.15, 0.2) is 0 Å². The van der Waals surface area contributed by atoms with Gasteiger partial charge in [-0.3, -0.25) is 9.78 Å². The summed E-state index contributed by atoms with van der Waals surface area (Å²) < 4.78 is 0. The minimum Gasteiger partial charge on any atom is -0.343 e. The zero-order valence-corrected chi connectivity index (χ0v) is 8.61. The number of aromatic nitrogens is 1. The molecule has 0 spiro atoms. The van der Waals surface area contributed by atoms with Crippen molar-refractivity contribution in [2.75, 3.05) is 18.8 Å². The highest BCUT2D eigenvalue weighted by atomic mass is 32.2. The number of thioether (sulfide) groups is 1. The highest BCUT2D eigenvalue weighted by molar-refractivity contribution is 7.99. The summed E-state index contributed by atoms with van der Waals surface area (Å²) >= 11 is 1.87. The van der Waals surface area contributed by atoms with Crippen LogP contribution >= 0.6 is 11.8 Å². The standard InChI is InChI=1S/C10H12N2OS/c13-8-12-5-6-14-10(7-12)9-3-1-2-4-11-9/h1-4,8,10H,5-7H2. The molecule has 1 aliphatic heterocycles. The molecule has 14 heavy (non-hydrogen) atoms. The lowest BCUT2D eigenvalue weighted by atomic mass is 10.2. The maximum atomic E-state index is 10.6. The third kappa shape index (κ3) is 2.07. The molecule has 1 fully saturated rings. The molecule has 0 aromatic carbocycles. The molecule has 1 saturated heterocycles. The van der Waals surface area contributed by atoms with Gasteiger partial charge in [-0.1, -0.05) is 6.07 Å². The average molecular weight is 208 g/mol. The third-order valence-corrected chi connectivity index (χ3v) is 3.48. The van der Waals surface area contributed by atoms with Gasteiger partial charge in [-0.25, -0.2) is 0 Å². The molecular formula is C10H12N2OS. The monoisotopic (exact) mass is 208 g/mol. The highest BCUT2D eigenvalue weighted by Crippen LogP contribution is 2.30. The number of carbonyl (C=O) groups excluding carboxylic acids is 1. The zero-order valence-electron chi connectivity index (χ0n) is 7.80. The van der Waals surface area contributed by atoms with Crippen LogP contribution in [0.2, 0.25) is 0 Å². The van der Waals surface area contributed by atoms with Crippen LogP contribution in [0.15, 0.2) is 24.4 Å². The molecule has 1 aliphatic rings. The number of carbonyl (C=O) groups is 1. The van der Waals surface area contributed by atoms with E-state index >= 15 is 0 Å². The van der Waals surface area contributed by atoms with E-state index in [1.165, 1.54) is 0 Å². The molecular weight excluding hydrogens is 196 g/mol. The van der Waals surface area contributed by atoms with E-state index in [2.05, 4.69) is 4.98 Å². The first-order valence-corrected chi connectivity index (χ1v) is 5.67. The lowest BCUT2D eigenvalue weighted by molar-refractivity contribution is -0.118. The fourth-order valence-corrected chi connectivity index (χ4v) is 2.74. The van der Waals surface area contributed by atoms with Gasteiger partial charge < -0.3 is 4.90 Å². The van der Waals surface area contributed by atoms with E-state index in [4.69, 9.17) is 0 Å². The molecule has 1 amide bonds. The predicted molar refractivity (Wildman–Crippen MR) is 57.1 cm³/mol. The first kappa shape index (κ1) is 9.52. The van der Waals surface area contributed by atoms with E-state index < -0.39 is 0 Å². The first-order chi connectivity index (χ1) is 6.90. The minimum atomic E-state index is 0.343. The van der Waals surface area contributed by atoms with Crippen molar-refractivity contribution in [3.63, 3.8) is 0 Å². The van der Waals surface area contributed by atoms with Crippen molar-refractivity contribution in [2.24, 2.45) is 0 Å². The van der Waals surface area contributed by atoms with Gasteiger partial charge in [0.05, 0.1) is 10.9 Å². The molecule has 0 N–H and O–H groups in total. The summed E-state index contributed by atoms with van der Waals surface area (Å²) in [5.74, 6) is 1.000. The summed E-state index contributed by atoms with van der Waals surface area (Å²) in [5.41, 5.74) is 1.07. The van der Waals surface area contributed by atoms with Gasteiger partial charge in [0.2, 0.25) is 6.41 Å². The number of hydrogen-bond acceptors (Lipinski definition) is 3. The van der Waals surface area contributed by atoms with Crippen LogP contribution in [-0.4, -0.2) is 35.1 Å². The second-order valence-corrected chi connectivity index (χ2v) is 4.52. The van der Waals surface area contributed by atoms with Crippen LogP contribution in [0, 0.1) is 0 Å². The van der Waals surface area contributed by atoms with Gasteiger partial charge >= 0.3 is 0 Å². The Morgan fingerprint density at radius 2 is 2.50 bits per heavy atom. The van der Waals surface area contributed by atoms with Gasteiger partial charge in [-0.2, -0.15) is 0 Å². The van der Waals surface area contributed by atoms with Crippen molar-refractivity contribution in [3.05, 3.63) is 30.1 Å². The second kappa shape index (κ2) is 4.46. The van der Waals surface area contributed by atoms with E-state index in [1.54, 1.807) is 6.20 Å². The Balaban J connectivity index is 2.08. The molecule has 0 bridgehead atoms. The van der Waals surface area contributed by atoms with Crippen molar-refractivity contribution >= 4 is 18.2 Å². The molecule has 3 nitrogen and oxygen atoms in total. The SMILES string of the molecule is O=CN1CCSC(c2ccccn2)C1.